The molecule has 18 heavy (non-hydrogen) atoms. The minimum absolute atomic E-state index is 0. The number of hydrogen-bond donors (Lipinski definition) is 1. The predicted molar refractivity (Wildman–Crippen MR) is 81.5 cm³/mol. The van der Waals surface area contributed by atoms with Crippen molar-refractivity contribution in [2.75, 3.05) is 13.7 Å². The standard InChI is InChI=1S/C13H19Cl2NO.ClH/c1-3-4-5-6-16-9-10-7-11(14)8-12(15)13(10)17-2;/h7-8,16H,3-6,9H2,1-2H3;1H. The largest absolute Gasteiger partial charge is 0.495 e. The van der Waals surface area contributed by atoms with E-state index in [1.54, 1.807) is 13.2 Å². The molecule has 0 aliphatic rings. The van der Waals surface area contributed by atoms with Gasteiger partial charge in [0.25, 0.3) is 0 Å². The molecule has 0 saturated carbocycles. The van der Waals surface area contributed by atoms with Crippen molar-refractivity contribution in [3.63, 3.8) is 0 Å². The van der Waals surface area contributed by atoms with Gasteiger partial charge in [0, 0.05) is 17.1 Å². The van der Waals surface area contributed by atoms with Crippen molar-refractivity contribution in [2.45, 2.75) is 32.7 Å². The fourth-order valence-corrected chi connectivity index (χ4v) is 2.31. The quantitative estimate of drug-likeness (QED) is 0.737. The lowest BCUT2D eigenvalue weighted by molar-refractivity contribution is 0.408. The summed E-state index contributed by atoms with van der Waals surface area (Å²) in [6, 6.07) is 3.58. The summed E-state index contributed by atoms with van der Waals surface area (Å²) in [4.78, 5) is 0. The van der Waals surface area contributed by atoms with Gasteiger partial charge >= 0.3 is 0 Å². The Labute approximate surface area is 125 Å². The lowest BCUT2D eigenvalue weighted by Gasteiger charge is -2.11. The Hall–Kier alpha value is -0.150. The molecule has 1 aromatic carbocycles. The average Bonchev–Trinajstić information content (AvgIpc) is 2.28. The molecule has 0 unspecified atom stereocenters. The third kappa shape index (κ3) is 5.66. The smallest absolute Gasteiger partial charge is 0.142 e. The number of halogens is 3. The van der Waals surface area contributed by atoms with Crippen LogP contribution in [0.15, 0.2) is 12.1 Å². The van der Waals surface area contributed by atoms with Gasteiger partial charge in [-0.05, 0) is 25.1 Å². The Morgan fingerprint density at radius 3 is 2.56 bits per heavy atom. The van der Waals surface area contributed by atoms with Crippen molar-refractivity contribution in [1.82, 2.24) is 5.32 Å². The Morgan fingerprint density at radius 2 is 1.94 bits per heavy atom. The highest BCUT2D eigenvalue weighted by Gasteiger charge is 2.09. The second kappa shape index (κ2) is 9.74. The zero-order valence-electron chi connectivity index (χ0n) is 10.8. The molecular weight excluding hydrogens is 293 g/mol. The maximum atomic E-state index is 6.06. The summed E-state index contributed by atoms with van der Waals surface area (Å²) in [5.41, 5.74) is 1.00. The van der Waals surface area contributed by atoms with Crippen LogP contribution in [-0.4, -0.2) is 13.7 Å². The van der Waals surface area contributed by atoms with E-state index in [-0.39, 0.29) is 12.4 Å². The number of unbranched alkanes of at least 4 members (excludes halogenated alkanes) is 2. The molecule has 1 N–H and O–H groups in total. The number of nitrogens with one attached hydrogen (secondary N) is 1. The minimum Gasteiger partial charge on any atom is -0.495 e. The van der Waals surface area contributed by atoms with E-state index in [0.717, 1.165) is 18.7 Å². The summed E-state index contributed by atoms with van der Waals surface area (Å²) in [6.07, 6.45) is 3.67. The van der Waals surface area contributed by atoms with Gasteiger partial charge in [-0.1, -0.05) is 43.0 Å². The third-order valence-electron chi connectivity index (χ3n) is 2.56. The average molecular weight is 313 g/mol. The van der Waals surface area contributed by atoms with Gasteiger partial charge in [-0.15, -0.1) is 12.4 Å². The molecule has 104 valence electrons. The molecule has 1 aromatic rings. The molecule has 5 heteroatoms. The van der Waals surface area contributed by atoms with E-state index in [4.69, 9.17) is 27.9 Å². The van der Waals surface area contributed by atoms with Crippen LogP contribution < -0.4 is 10.1 Å². The maximum absolute atomic E-state index is 6.06. The first-order chi connectivity index (χ1) is 8.19. The molecule has 0 aliphatic heterocycles. The molecule has 1 rings (SSSR count). The zero-order valence-corrected chi connectivity index (χ0v) is 13.1. The summed E-state index contributed by atoms with van der Waals surface area (Å²) in [7, 11) is 1.62. The van der Waals surface area contributed by atoms with Crippen molar-refractivity contribution in [1.29, 1.82) is 0 Å². The van der Waals surface area contributed by atoms with Gasteiger partial charge in [-0.25, -0.2) is 0 Å². The highest BCUT2D eigenvalue weighted by molar-refractivity contribution is 6.35. The van der Waals surface area contributed by atoms with E-state index in [9.17, 15) is 0 Å². The van der Waals surface area contributed by atoms with Crippen LogP contribution in [0.5, 0.6) is 5.75 Å². The van der Waals surface area contributed by atoms with Crippen LogP contribution in [0.1, 0.15) is 31.7 Å². The number of methoxy groups -OCH3 is 1. The highest BCUT2D eigenvalue weighted by Crippen LogP contribution is 2.31. The zero-order chi connectivity index (χ0) is 12.7. The Kier molecular flexibility index (Phi) is 9.66. The molecular formula is C13H20Cl3NO. The second-order valence-corrected chi connectivity index (χ2v) is 4.81. The molecule has 0 amide bonds. The Morgan fingerprint density at radius 1 is 1.22 bits per heavy atom. The van der Waals surface area contributed by atoms with Gasteiger partial charge in [-0.3, -0.25) is 0 Å². The van der Waals surface area contributed by atoms with Gasteiger partial charge in [0.15, 0.2) is 0 Å². The van der Waals surface area contributed by atoms with Crippen LogP contribution in [0.25, 0.3) is 0 Å². The van der Waals surface area contributed by atoms with Gasteiger partial charge in [0.2, 0.25) is 0 Å². The van der Waals surface area contributed by atoms with Crippen molar-refractivity contribution in [3.05, 3.63) is 27.7 Å². The lowest BCUT2D eigenvalue weighted by atomic mass is 10.2. The van der Waals surface area contributed by atoms with Crippen LogP contribution in [0.2, 0.25) is 10.0 Å². The second-order valence-electron chi connectivity index (χ2n) is 3.96. The normalized spacial score (nSPS) is 10.0. The first-order valence-corrected chi connectivity index (χ1v) is 6.67. The number of hydrogen-bond acceptors (Lipinski definition) is 2. The van der Waals surface area contributed by atoms with Crippen molar-refractivity contribution in [2.24, 2.45) is 0 Å². The molecule has 0 fully saturated rings. The van der Waals surface area contributed by atoms with Crippen LogP contribution in [-0.2, 0) is 6.54 Å². The summed E-state index contributed by atoms with van der Waals surface area (Å²) in [5.74, 6) is 0.707. The molecule has 0 radical (unpaired) electrons. The fourth-order valence-electron chi connectivity index (χ4n) is 1.70. The van der Waals surface area contributed by atoms with Gasteiger partial charge in [0.05, 0.1) is 12.1 Å². The summed E-state index contributed by atoms with van der Waals surface area (Å²) in [5, 5.41) is 4.57. The SMILES string of the molecule is CCCCCNCc1cc(Cl)cc(Cl)c1OC.Cl. The summed E-state index contributed by atoms with van der Waals surface area (Å²) < 4.78 is 5.28. The Balaban J connectivity index is 0.00000289. The molecule has 0 heterocycles. The third-order valence-corrected chi connectivity index (χ3v) is 3.06. The van der Waals surface area contributed by atoms with Crippen LogP contribution >= 0.6 is 35.6 Å². The van der Waals surface area contributed by atoms with E-state index < -0.39 is 0 Å². The highest BCUT2D eigenvalue weighted by atomic mass is 35.5. The lowest BCUT2D eigenvalue weighted by Crippen LogP contribution is -2.15. The first-order valence-electron chi connectivity index (χ1n) is 5.91. The predicted octanol–water partition coefficient (Wildman–Crippen LogP) is 4.70. The summed E-state index contributed by atoms with van der Waals surface area (Å²) >= 11 is 12.0. The molecule has 0 aromatic heterocycles. The number of benzene rings is 1. The number of rotatable bonds is 7. The maximum Gasteiger partial charge on any atom is 0.142 e. The van der Waals surface area contributed by atoms with Crippen molar-refractivity contribution < 1.29 is 4.74 Å². The van der Waals surface area contributed by atoms with E-state index in [1.165, 1.54) is 19.3 Å². The van der Waals surface area contributed by atoms with E-state index in [1.807, 2.05) is 6.07 Å². The molecule has 0 atom stereocenters. The van der Waals surface area contributed by atoms with Crippen molar-refractivity contribution in [3.8, 4) is 5.75 Å². The van der Waals surface area contributed by atoms with Crippen molar-refractivity contribution >= 4 is 35.6 Å². The Bertz CT molecular complexity index is 358. The first kappa shape index (κ1) is 17.8. The van der Waals surface area contributed by atoms with E-state index in [2.05, 4.69) is 12.2 Å². The van der Waals surface area contributed by atoms with Gasteiger partial charge in [-0.2, -0.15) is 0 Å². The fraction of sp³-hybridized carbons (Fsp3) is 0.538. The molecule has 0 bridgehead atoms. The minimum atomic E-state index is 0. The van der Waals surface area contributed by atoms with E-state index in [0.29, 0.717) is 15.8 Å². The van der Waals surface area contributed by atoms with Gasteiger partial charge in [0.1, 0.15) is 5.75 Å². The van der Waals surface area contributed by atoms with Gasteiger partial charge < -0.3 is 10.1 Å². The number of ether oxygens (including phenoxy) is 1. The summed E-state index contributed by atoms with van der Waals surface area (Å²) in [6.45, 7) is 3.92. The molecule has 0 aliphatic carbocycles. The molecule has 0 spiro atoms. The molecule has 2 nitrogen and oxygen atoms in total. The monoisotopic (exact) mass is 311 g/mol. The topological polar surface area (TPSA) is 21.3 Å². The van der Waals surface area contributed by atoms with Crippen LogP contribution in [0.4, 0.5) is 0 Å². The van der Waals surface area contributed by atoms with E-state index >= 15 is 0 Å². The van der Waals surface area contributed by atoms with Crippen LogP contribution in [0.3, 0.4) is 0 Å². The molecule has 0 saturated heterocycles. The van der Waals surface area contributed by atoms with Crippen LogP contribution in [0, 0.1) is 0 Å².